The van der Waals surface area contributed by atoms with Gasteiger partial charge in [0.25, 0.3) is 5.91 Å². The summed E-state index contributed by atoms with van der Waals surface area (Å²) >= 11 is 0. The van der Waals surface area contributed by atoms with Crippen LogP contribution in [0.3, 0.4) is 0 Å². The quantitative estimate of drug-likeness (QED) is 0.898. The predicted octanol–water partition coefficient (Wildman–Crippen LogP) is 1.55. The third-order valence-electron chi connectivity index (χ3n) is 4.21. The molecule has 1 fully saturated rings. The number of aromatic nitrogens is 3. The van der Waals surface area contributed by atoms with Crippen LogP contribution < -0.4 is 5.32 Å². The molecule has 0 aliphatic heterocycles. The minimum Gasteiger partial charge on any atom is -0.396 e. The summed E-state index contributed by atoms with van der Waals surface area (Å²) in [7, 11) is 0. The fourth-order valence-electron chi connectivity index (χ4n) is 2.93. The van der Waals surface area contributed by atoms with Crippen LogP contribution in [-0.2, 0) is 0 Å². The standard InChI is InChI=1S/C16H20N4O2/c21-11-12-6-4-5-9-14(12)17-16(22)15-10-20(19-18-15)13-7-2-1-3-8-13/h1-3,7-8,10,12,14,21H,4-6,9,11H2,(H,17,22). The van der Waals surface area contributed by atoms with Gasteiger partial charge in [0.05, 0.1) is 11.9 Å². The number of benzene rings is 1. The molecule has 1 aromatic carbocycles. The summed E-state index contributed by atoms with van der Waals surface area (Å²) in [6.07, 6.45) is 5.68. The number of amides is 1. The van der Waals surface area contributed by atoms with E-state index >= 15 is 0 Å². The molecule has 0 bridgehead atoms. The predicted molar refractivity (Wildman–Crippen MR) is 81.7 cm³/mol. The second-order valence-electron chi connectivity index (χ2n) is 5.69. The summed E-state index contributed by atoms with van der Waals surface area (Å²) in [6, 6.07) is 9.56. The molecule has 1 aliphatic carbocycles. The molecule has 22 heavy (non-hydrogen) atoms. The fraction of sp³-hybridized carbons (Fsp3) is 0.438. The number of nitrogens with zero attached hydrogens (tertiary/aromatic N) is 3. The number of hydrogen-bond donors (Lipinski definition) is 2. The average Bonchev–Trinajstić information content (AvgIpc) is 3.06. The molecule has 2 aromatic rings. The van der Waals surface area contributed by atoms with Gasteiger partial charge >= 0.3 is 0 Å². The van der Waals surface area contributed by atoms with Crippen LogP contribution >= 0.6 is 0 Å². The van der Waals surface area contributed by atoms with Crippen molar-refractivity contribution in [3.05, 3.63) is 42.2 Å². The van der Waals surface area contributed by atoms with E-state index in [4.69, 9.17) is 0 Å². The van der Waals surface area contributed by atoms with Gasteiger partial charge in [0.15, 0.2) is 5.69 Å². The number of aliphatic hydroxyl groups excluding tert-OH is 1. The molecule has 0 radical (unpaired) electrons. The number of aliphatic hydroxyl groups is 1. The zero-order chi connectivity index (χ0) is 15.4. The normalized spacial score (nSPS) is 21.5. The molecule has 3 rings (SSSR count). The number of para-hydroxylation sites is 1. The fourth-order valence-corrected chi connectivity index (χ4v) is 2.93. The minimum absolute atomic E-state index is 0.0214. The van der Waals surface area contributed by atoms with Gasteiger partial charge in [-0.3, -0.25) is 4.79 Å². The first kappa shape index (κ1) is 14.7. The number of hydrogen-bond acceptors (Lipinski definition) is 4. The van der Waals surface area contributed by atoms with E-state index in [0.717, 1.165) is 31.4 Å². The van der Waals surface area contributed by atoms with E-state index in [-0.39, 0.29) is 24.5 Å². The molecule has 1 aliphatic rings. The Morgan fingerprint density at radius 1 is 1.27 bits per heavy atom. The molecule has 1 aromatic heterocycles. The summed E-state index contributed by atoms with van der Waals surface area (Å²) in [5, 5.41) is 20.3. The van der Waals surface area contributed by atoms with Crippen LogP contribution in [0, 0.1) is 5.92 Å². The zero-order valence-electron chi connectivity index (χ0n) is 12.4. The van der Waals surface area contributed by atoms with Crippen molar-refractivity contribution < 1.29 is 9.90 Å². The molecule has 1 amide bonds. The van der Waals surface area contributed by atoms with Crippen molar-refractivity contribution in [1.82, 2.24) is 20.3 Å². The third kappa shape index (κ3) is 3.17. The summed E-state index contributed by atoms with van der Waals surface area (Å²) in [4.78, 5) is 12.3. The highest BCUT2D eigenvalue weighted by Crippen LogP contribution is 2.24. The summed E-state index contributed by atoms with van der Waals surface area (Å²) in [5.74, 6) is -0.0885. The molecule has 6 heteroatoms. The molecule has 1 heterocycles. The molecule has 2 unspecified atom stereocenters. The minimum atomic E-state index is -0.229. The lowest BCUT2D eigenvalue weighted by Crippen LogP contribution is -2.43. The Bertz CT molecular complexity index is 626. The maximum atomic E-state index is 12.3. The summed E-state index contributed by atoms with van der Waals surface area (Å²) in [5.41, 5.74) is 1.16. The Kier molecular flexibility index (Phi) is 4.48. The molecular formula is C16H20N4O2. The van der Waals surface area contributed by atoms with Gasteiger partial charge in [0, 0.05) is 18.6 Å². The van der Waals surface area contributed by atoms with Crippen LogP contribution in [0.15, 0.2) is 36.5 Å². The van der Waals surface area contributed by atoms with E-state index in [1.54, 1.807) is 10.9 Å². The largest absolute Gasteiger partial charge is 0.396 e. The highest BCUT2D eigenvalue weighted by molar-refractivity contribution is 5.92. The molecule has 6 nitrogen and oxygen atoms in total. The second kappa shape index (κ2) is 6.70. The Morgan fingerprint density at radius 2 is 2.05 bits per heavy atom. The number of carbonyl (C=O) groups excluding carboxylic acids is 1. The van der Waals surface area contributed by atoms with E-state index in [1.165, 1.54) is 0 Å². The van der Waals surface area contributed by atoms with Gasteiger partial charge in [-0.25, -0.2) is 4.68 Å². The molecule has 2 N–H and O–H groups in total. The van der Waals surface area contributed by atoms with E-state index < -0.39 is 0 Å². The lowest BCUT2D eigenvalue weighted by molar-refractivity contribution is 0.0867. The maximum absolute atomic E-state index is 12.3. The monoisotopic (exact) mass is 300 g/mol. The van der Waals surface area contributed by atoms with E-state index in [9.17, 15) is 9.90 Å². The van der Waals surface area contributed by atoms with Crippen LogP contribution in [0.1, 0.15) is 36.2 Å². The van der Waals surface area contributed by atoms with Crippen LogP contribution in [0.4, 0.5) is 0 Å². The first-order chi connectivity index (χ1) is 10.8. The van der Waals surface area contributed by atoms with Gasteiger partial charge in [0.1, 0.15) is 0 Å². The zero-order valence-corrected chi connectivity index (χ0v) is 12.4. The molecule has 0 saturated heterocycles. The maximum Gasteiger partial charge on any atom is 0.273 e. The summed E-state index contributed by atoms with van der Waals surface area (Å²) < 4.78 is 1.58. The lowest BCUT2D eigenvalue weighted by Gasteiger charge is -2.30. The van der Waals surface area contributed by atoms with Crippen molar-refractivity contribution in [2.45, 2.75) is 31.7 Å². The first-order valence-electron chi connectivity index (χ1n) is 7.67. The van der Waals surface area contributed by atoms with Crippen LogP contribution in [0.2, 0.25) is 0 Å². The Labute approximate surface area is 129 Å². The van der Waals surface area contributed by atoms with Crippen molar-refractivity contribution in [3.8, 4) is 5.69 Å². The van der Waals surface area contributed by atoms with Gasteiger partial charge in [-0.1, -0.05) is 36.3 Å². The van der Waals surface area contributed by atoms with Gasteiger partial charge in [-0.15, -0.1) is 5.10 Å². The van der Waals surface area contributed by atoms with Crippen molar-refractivity contribution >= 4 is 5.91 Å². The van der Waals surface area contributed by atoms with Gasteiger partial charge < -0.3 is 10.4 Å². The van der Waals surface area contributed by atoms with E-state index in [2.05, 4.69) is 15.6 Å². The number of rotatable bonds is 4. The average molecular weight is 300 g/mol. The van der Waals surface area contributed by atoms with Crippen molar-refractivity contribution in [1.29, 1.82) is 0 Å². The highest BCUT2D eigenvalue weighted by Gasteiger charge is 2.26. The Balaban J connectivity index is 1.69. The van der Waals surface area contributed by atoms with Crippen LogP contribution in [-0.4, -0.2) is 38.7 Å². The Hall–Kier alpha value is -2.21. The molecule has 1 saturated carbocycles. The summed E-state index contributed by atoms with van der Waals surface area (Å²) in [6.45, 7) is 0.113. The van der Waals surface area contributed by atoms with E-state index in [1.807, 2.05) is 30.3 Å². The molecular weight excluding hydrogens is 280 g/mol. The van der Waals surface area contributed by atoms with Gasteiger partial charge in [0.2, 0.25) is 0 Å². The molecule has 2 atom stereocenters. The number of nitrogens with one attached hydrogen (secondary N) is 1. The van der Waals surface area contributed by atoms with Crippen molar-refractivity contribution in [3.63, 3.8) is 0 Å². The van der Waals surface area contributed by atoms with Gasteiger partial charge in [-0.2, -0.15) is 0 Å². The smallest absolute Gasteiger partial charge is 0.273 e. The van der Waals surface area contributed by atoms with Crippen LogP contribution in [0.25, 0.3) is 5.69 Å². The molecule has 0 spiro atoms. The Morgan fingerprint density at radius 3 is 2.82 bits per heavy atom. The van der Waals surface area contributed by atoms with Crippen LogP contribution in [0.5, 0.6) is 0 Å². The lowest BCUT2D eigenvalue weighted by atomic mass is 9.85. The van der Waals surface area contributed by atoms with Crippen molar-refractivity contribution in [2.75, 3.05) is 6.61 Å². The topological polar surface area (TPSA) is 80.0 Å². The first-order valence-corrected chi connectivity index (χ1v) is 7.67. The van der Waals surface area contributed by atoms with E-state index in [0.29, 0.717) is 5.69 Å². The second-order valence-corrected chi connectivity index (χ2v) is 5.69. The SMILES string of the molecule is O=C(NC1CCCCC1CO)c1cn(-c2ccccc2)nn1. The molecule has 116 valence electrons. The third-order valence-corrected chi connectivity index (χ3v) is 4.21. The van der Waals surface area contributed by atoms with Crippen molar-refractivity contribution in [2.24, 2.45) is 5.92 Å². The highest BCUT2D eigenvalue weighted by atomic mass is 16.3. The number of carbonyl (C=O) groups is 1. The van der Waals surface area contributed by atoms with Gasteiger partial charge in [-0.05, 0) is 25.0 Å².